The van der Waals surface area contributed by atoms with E-state index in [1.807, 2.05) is 0 Å². The van der Waals surface area contributed by atoms with E-state index in [9.17, 15) is 4.39 Å². The standard InChI is InChI=1S/C11H20FN/c12-11(9-4-3-5-9)8-10-6-1-2-7-13-10/h9-11,13H,1-8H2. The Labute approximate surface area is 80.1 Å². The maximum atomic E-state index is 13.6. The van der Waals surface area contributed by atoms with Crippen LogP contribution in [0.5, 0.6) is 0 Å². The van der Waals surface area contributed by atoms with Crippen molar-refractivity contribution in [1.82, 2.24) is 5.32 Å². The molecule has 2 atom stereocenters. The molecule has 1 aliphatic heterocycles. The molecule has 76 valence electrons. The molecule has 0 spiro atoms. The zero-order valence-corrected chi connectivity index (χ0v) is 8.27. The van der Waals surface area contributed by atoms with Crippen molar-refractivity contribution in [3.8, 4) is 0 Å². The fourth-order valence-corrected chi connectivity index (χ4v) is 2.39. The van der Waals surface area contributed by atoms with Crippen LogP contribution in [0.3, 0.4) is 0 Å². The van der Waals surface area contributed by atoms with Gasteiger partial charge in [-0.25, -0.2) is 4.39 Å². The molecule has 0 aromatic carbocycles. The fourth-order valence-electron chi connectivity index (χ4n) is 2.39. The van der Waals surface area contributed by atoms with Gasteiger partial charge in [0.1, 0.15) is 6.17 Å². The number of hydrogen-bond donors (Lipinski definition) is 1. The summed E-state index contributed by atoms with van der Waals surface area (Å²) in [6.07, 6.45) is 7.51. The van der Waals surface area contributed by atoms with E-state index in [1.54, 1.807) is 0 Å². The van der Waals surface area contributed by atoms with Crippen molar-refractivity contribution in [1.29, 1.82) is 0 Å². The Morgan fingerprint density at radius 3 is 2.54 bits per heavy atom. The molecule has 2 rings (SSSR count). The second kappa shape index (κ2) is 4.41. The lowest BCUT2D eigenvalue weighted by Crippen LogP contribution is -2.38. The number of alkyl halides is 1. The largest absolute Gasteiger partial charge is 0.314 e. The van der Waals surface area contributed by atoms with Gasteiger partial charge >= 0.3 is 0 Å². The summed E-state index contributed by atoms with van der Waals surface area (Å²) in [6.45, 7) is 1.10. The predicted molar refractivity (Wildman–Crippen MR) is 52.5 cm³/mol. The van der Waals surface area contributed by atoms with Crippen LogP contribution in [0.25, 0.3) is 0 Å². The van der Waals surface area contributed by atoms with Crippen molar-refractivity contribution in [3.05, 3.63) is 0 Å². The molecular formula is C11H20FN. The van der Waals surface area contributed by atoms with Crippen LogP contribution >= 0.6 is 0 Å². The topological polar surface area (TPSA) is 12.0 Å². The molecule has 1 saturated heterocycles. The van der Waals surface area contributed by atoms with Crippen LogP contribution in [-0.2, 0) is 0 Å². The number of hydrogen-bond acceptors (Lipinski definition) is 1. The molecule has 2 heteroatoms. The van der Waals surface area contributed by atoms with Crippen molar-refractivity contribution in [2.45, 2.75) is 57.2 Å². The van der Waals surface area contributed by atoms with Gasteiger partial charge in [0.25, 0.3) is 0 Å². The van der Waals surface area contributed by atoms with Gasteiger partial charge < -0.3 is 5.32 Å². The molecule has 1 saturated carbocycles. The first kappa shape index (κ1) is 9.45. The highest BCUT2D eigenvalue weighted by molar-refractivity contribution is 4.82. The number of nitrogens with one attached hydrogen (secondary N) is 1. The van der Waals surface area contributed by atoms with Crippen LogP contribution in [0.1, 0.15) is 44.9 Å². The predicted octanol–water partition coefficient (Wildman–Crippen LogP) is 2.66. The number of halogens is 1. The third kappa shape index (κ3) is 2.43. The fraction of sp³-hybridized carbons (Fsp3) is 1.00. The van der Waals surface area contributed by atoms with Crippen molar-refractivity contribution < 1.29 is 4.39 Å². The third-order valence-electron chi connectivity index (χ3n) is 3.58. The van der Waals surface area contributed by atoms with E-state index in [4.69, 9.17) is 0 Å². The van der Waals surface area contributed by atoms with Crippen molar-refractivity contribution >= 4 is 0 Å². The second-order valence-corrected chi connectivity index (χ2v) is 4.59. The Hall–Kier alpha value is -0.110. The van der Waals surface area contributed by atoms with Crippen LogP contribution in [0.15, 0.2) is 0 Å². The minimum atomic E-state index is -0.524. The van der Waals surface area contributed by atoms with E-state index < -0.39 is 6.17 Å². The average molecular weight is 185 g/mol. The zero-order valence-electron chi connectivity index (χ0n) is 8.27. The summed E-state index contributed by atoms with van der Waals surface area (Å²) in [5.74, 6) is 0.406. The number of piperidine rings is 1. The van der Waals surface area contributed by atoms with Crippen molar-refractivity contribution in [2.24, 2.45) is 5.92 Å². The molecular weight excluding hydrogens is 165 g/mol. The van der Waals surface area contributed by atoms with E-state index in [-0.39, 0.29) is 0 Å². The van der Waals surface area contributed by atoms with Gasteiger partial charge in [0.2, 0.25) is 0 Å². The van der Waals surface area contributed by atoms with Gasteiger partial charge in [-0.3, -0.25) is 0 Å². The lowest BCUT2D eigenvalue weighted by molar-refractivity contribution is 0.123. The smallest absolute Gasteiger partial charge is 0.104 e. The van der Waals surface area contributed by atoms with E-state index >= 15 is 0 Å². The summed E-state index contributed by atoms with van der Waals surface area (Å²) < 4.78 is 13.6. The first-order chi connectivity index (χ1) is 6.36. The summed E-state index contributed by atoms with van der Waals surface area (Å²) in [4.78, 5) is 0. The normalized spacial score (nSPS) is 32.5. The summed E-state index contributed by atoms with van der Waals surface area (Å²) in [5, 5.41) is 3.41. The SMILES string of the molecule is FC(CC1CCCCN1)C1CCC1. The third-order valence-corrected chi connectivity index (χ3v) is 3.58. The summed E-state index contributed by atoms with van der Waals surface area (Å²) >= 11 is 0. The van der Waals surface area contributed by atoms with Crippen LogP contribution in [0.2, 0.25) is 0 Å². The van der Waals surface area contributed by atoms with Gasteiger partial charge in [-0.05, 0) is 44.6 Å². The molecule has 0 bridgehead atoms. The van der Waals surface area contributed by atoms with Crippen LogP contribution in [0, 0.1) is 5.92 Å². The Morgan fingerprint density at radius 2 is 2.00 bits per heavy atom. The Bertz CT molecular complexity index is 150. The first-order valence-electron chi connectivity index (χ1n) is 5.74. The van der Waals surface area contributed by atoms with Gasteiger partial charge in [-0.1, -0.05) is 12.8 Å². The molecule has 2 aliphatic rings. The van der Waals surface area contributed by atoms with Gasteiger partial charge in [0.15, 0.2) is 0 Å². The molecule has 0 amide bonds. The first-order valence-corrected chi connectivity index (χ1v) is 5.74. The molecule has 2 unspecified atom stereocenters. The molecule has 1 heterocycles. The lowest BCUT2D eigenvalue weighted by Gasteiger charge is -2.32. The monoisotopic (exact) mass is 185 g/mol. The minimum absolute atomic E-state index is 0.406. The maximum absolute atomic E-state index is 13.6. The zero-order chi connectivity index (χ0) is 9.10. The van der Waals surface area contributed by atoms with Crippen LogP contribution < -0.4 is 5.32 Å². The molecule has 0 aromatic rings. The van der Waals surface area contributed by atoms with E-state index in [0.29, 0.717) is 12.0 Å². The van der Waals surface area contributed by atoms with Gasteiger partial charge in [0, 0.05) is 6.04 Å². The van der Waals surface area contributed by atoms with E-state index in [2.05, 4.69) is 5.32 Å². The Balaban J connectivity index is 1.69. The highest BCUT2D eigenvalue weighted by atomic mass is 19.1. The average Bonchev–Trinajstić information content (AvgIpc) is 2.02. The van der Waals surface area contributed by atoms with E-state index in [1.165, 1.54) is 25.7 Å². The molecule has 1 N–H and O–H groups in total. The molecule has 2 fully saturated rings. The maximum Gasteiger partial charge on any atom is 0.104 e. The summed E-state index contributed by atoms with van der Waals surface area (Å²) in [6, 6.07) is 0.476. The van der Waals surface area contributed by atoms with Gasteiger partial charge in [-0.15, -0.1) is 0 Å². The van der Waals surface area contributed by atoms with Gasteiger partial charge in [0.05, 0.1) is 0 Å². The second-order valence-electron chi connectivity index (χ2n) is 4.59. The molecule has 13 heavy (non-hydrogen) atoms. The Morgan fingerprint density at radius 1 is 1.15 bits per heavy atom. The summed E-state index contributed by atoms with van der Waals surface area (Å²) in [7, 11) is 0. The highest BCUT2D eigenvalue weighted by Gasteiger charge is 2.29. The Kier molecular flexibility index (Phi) is 3.20. The lowest BCUT2D eigenvalue weighted by atomic mass is 9.79. The van der Waals surface area contributed by atoms with Crippen molar-refractivity contribution in [2.75, 3.05) is 6.54 Å². The molecule has 0 aromatic heterocycles. The minimum Gasteiger partial charge on any atom is -0.314 e. The van der Waals surface area contributed by atoms with Crippen LogP contribution in [0.4, 0.5) is 4.39 Å². The number of rotatable bonds is 3. The molecule has 1 aliphatic carbocycles. The van der Waals surface area contributed by atoms with Crippen LogP contribution in [-0.4, -0.2) is 18.8 Å². The van der Waals surface area contributed by atoms with Crippen molar-refractivity contribution in [3.63, 3.8) is 0 Å². The molecule has 1 nitrogen and oxygen atoms in total. The highest BCUT2D eigenvalue weighted by Crippen LogP contribution is 2.33. The quantitative estimate of drug-likeness (QED) is 0.712. The van der Waals surface area contributed by atoms with Gasteiger partial charge in [-0.2, -0.15) is 0 Å². The van der Waals surface area contributed by atoms with E-state index in [0.717, 1.165) is 25.8 Å². The molecule has 0 radical (unpaired) electrons. The summed E-state index contributed by atoms with van der Waals surface area (Å²) in [5.41, 5.74) is 0.